The van der Waals surface area contributed by atoms with Crippen LogP contribution in [0.3, 0.4) is 0 Å². The van der Waals surface area contributed by atoms with E-state index in [1.165, 1.54) is 0 Å². The standard InChI is InChI=1S/C6H15NO3S/c1-3-11(9,10)6(4-8)5(2)7/h5-6,8H,3-4,7H2,1-2H3/t5-,6+/m0/s1. The fourth-order valence-corrected chi connectivity index (χ4v) is 2.13. The number of aliphatic hydroxyl groups is 1. The van der Waals surface area contributed by atoms with Gasteiger partial charge in [0, 0.05) is 11.8 Å². The Labute approximate surface area is 67.3 Å². The number of rotatable bonds is 4. The van der Waals surface area contributed by atoms with Gasteiger partial charge in [0.1, 0.15) is 0 Å². The molecule has 0 saturated carbocycles. The Bertz CT molecular complexity index is 198. The van der Waals surface area contributed by atoms with Crippen LogP contribution in [0.2, 0.25) is 0 Å². The highest BCUT2D eigenvalue weighted by Gasteiger charge is 2.26. The van der Waals surface area contributed by atoms with Gasteiger partial charge in [0.2, 0.25) is 0 Å². The summed E-state index contributed by atoms with van der Waals surface area (Å²) in [4.78, 5) is 0. The Morgan fingerprint density at radius 2 is 2.00 bits per heavy atom. The lowest BCUT2D eigenvalue weighted by Gasteiger charge is -2.17. The van der Waals surface area contributed by atoms with Crippen LogP contribution < -0.4 is 5.73 Å². The van der Waals surface area contributed by atoms with Crippen molar-refractivity contribution in [2.45, 2.75) is 25.1 Å². The van der Waals surface area contributed by atoms with Crippen molar-refractivity contribution < 1.29 is 13.5 Å². The molecule has 4 nitrogen and oxygen atoms in total. The van der Waals surface area contributed by atoms with Crippen LogP contribution in [0.1, 0.15) is 13.8 Å². The fraction of sp³-hybridized carbons (Fsp3) is 1.00. The topological polar surface area (TPSA) is 80.4 Å². The molecular weight excluding hydrogens is 166 g/mol. The summed E-state index contributed by atoms with van der Waals surface area (Å²) in [6.07, 6.45) is 0. The van der Waals surface area contributed by atoms with Gasteiger partial charge >= 0.3 is 0 Å². The maximum Gasteiger partial charge on any atom is 0.156 e. The summed E-state index contributed by atoms with van der Waals surface area (Å²) >= 11 is 0. The average molecular weight is 181 g/mol. The summed E-state index contributed by atoms with van der Waals surface area (Å²) in [5.74, 6) is 0.0275. The predicted molar refractivity (Wildman–Crippen MR) is 44.0 cm³/mol. The molecule has 0 aromatic carbocycles. The second kappa shape index (κ2) is 4.04. The van der Waals surface area contributed by atoms with E-state index in [0.717, 1.165) is 0 Å². The molecule has 3 N–H and O–H groups in total. The van der Waals surface area contributed by atoms with Gasteiger partial charge < -0.3 is 10.8 Å². The quantitative estimate of drug-likeness (QED) is 0.590. The number of hydrogen-bond acceptors (Lipinski definition) is 4. The van der Waals surface area contributed by atoms with Crippen LogP contribution in [0.15, 0.2) is 0 Å². The van der Waals surface area contributed by atoms with Crippen molar-refractivity contribution in [3.8, 4) is 0 Å². The first kappa shape index (κ1) is 10.9. The van der Waals surface area contributed by atoms with Crippen LogP contribution in [0.4, 0.5) is 0 Å². The molecule has 0 aliphatic rings. The SMILES string of the molecule is CCS(=O)(=O)[C@H](CO)[C@H](C)N. The van der Waals surface area contributed by atoms with E-state index in [4.69, 9.17) is 10.8 Å². The Balaban J connectivity index is 4.51. The lowest BCUT2D eigenvalue weighted by atomic mass is 10.3. The number of hydrogen-bond donors (Lipinski definition) is 2. The summed E-state index contributed by atoms with van der Waals surface area (Å²) in [6.45, 7) is 2.72. The Kier molecular flexibility index (Phi) is 3.99. The second-order valence-corrected chi connectivity index (χ2v) is 5.04. The maximum atomic E-state index is 11.1. The summed E-state index contributed by atoms with van der Waals surface area (Å²) in [5, 5.41) is 7.89. The first-order valence-electron chi connectivity index (χ1n) is 3.53. The van der Waals surface area contributed by atoms with Crippen LogP contribution in [-0.4, -0.2) is 37.2 Å². The van der Waals surface area contributed by atoms with Gasteiger partial charge in [0.15, 0.2) is 9.84 Å². The van der Waals surface area contributed by atoms with Crippen molar-refractivity contribution in [1.29, 1.82) is 0 Å². The normalized spacial score (nSPS) is 17.8. The molecule has 0 rings (SSSR count). The Morgan fingerprint density at radius 3 is 2.09 bits per heavy atom. The fourth-order valence-electron chi connectivity index (χ4n) is 0.821. The van der Waals surface area contributed by atoms with E-state index in [1.54, 1.807) is 13.8 Å². The van der Waals surface area contributed by atoms with E-state index in [1.807, 2.05) is 0 Å². The van der Waals surface area contributed by atoms with Crippen LogP contribution in [0, 0.1) is 0 Å². The molecule has 0 bridgehead atoms. The lowest BCUT2D eigenvalue weighted by molar-refractivity contribution is 0.280. The molecule has 0 unspecified atom stereocenters. The van der Waals surface area contributed by atoms with Gasteiger partial charge in [0.05, 0.1) is 11.9 Å². The van der Waals surface area contributed by atoms with E-state index in [0.29, 0.717) is 0 Å². The van der Waals surface area contributed by atoms with E-state index in [-0.39, 0.29) is 5.75 Å². The van der Waals surface area contributed by atoms with E-state index >= 15 is 0 Å². The predicted octanol–water partition coefficient (Wildman–Crippen LogP) is -0.871. The molecule has 0 aliphatic heterocycles. The van der Waals surface area contributed by atoms with Gasteiger partial charge in [-0.2, -0.15) is 0 Å². The first-order valence-corrected chi connectivity index (χ1v) is 5.25. The van der Waals surface area contributed by atoms with Gasteiger partial charge in [-0.05, 0) is 6.92 Å². The zero-order valence-electron chi connectivity index (χ0n) is 6.82. The third kappa shape index (κ3) is 2.76. The van der Waals surface area contributed by atoms with Gasteiger partial charge in [-0.25, -0.2) is 8.42 Å². The van der Waals surface area contributed by atoms with Gasteiger partial charge in [-0.15, -0.1) is 0 Å². The molecular formula is C6H15NO3S. The van der Waals surface area contributed by atoms with Crippen molar-refractivity contribution in [2.24, 2.45) is 5.73 Å². The monoisotopic (exact) mass is 181 g/mol. The smallest absolute Gasteiger partial charge is 0.156 e. The minimum Gasteiger partial charge on any atom is -0.395 e. The highest BCUT2D eigenvalue weighted by Crippen LogP contribution is 2.04. The molecule has 0 saturated heterocycles. The van der Waals surface area contributed by atoms with E-state index in [9.17, 15) is 8.42 Å². The zero-order chi connectivity index (χ0) is 9.07. The maximum absolute atomic E-state index is 11.1. The first-order chi connectivity index (χ1) is 4.95. The van der Waals surface area contributed by atoms with Crippen molar-refractivity contribution in [3.63, 3.8) is 0 Å². The van der Waals surface area contributed by atoms with Crippen molar-refractivity contribution in [1.82, 2.24) is 0 Å². The van der Waals surface area contributed by atoms with Crippen molar-refractivity contribution in [2.75, 3.05) is 12.4 Å². The van der Waals surface area contributed by atoms with E-state index in [2.05, 4.69) is 0 Å². The van der Waals surface area contributed by atoms with E-state index < -0.39 is 27.7 Å². The molecule has 0 fully saturated rings. The van der Waals surface area contributed by atoms with Gasteiger partial charge in [-0.3, -0.25) is 0 Å². The van der Waals surface area contributed by atoms with Crippen LogP contribution in [0.5, 0.6) is 0 Å². The summed E-state index contributed by atoms with van der Waals surface area (Å²) in [5.41, 5.74) is 5.37. The minimum absolute atomic E-state index is 0.0275. The summed E-state index contributed by atoms with van der Waals surface area (Å²) in [7, 11) is -3.18. The molecule has 68 valence electrons. The molecule has 0 heterocycles. The van der Waals surface area contributed by atoms with Crippen LogP contribution in [0.25, 0.3) is 0 Å². The van der Waals surface area contributed by atoms with Crippen molar-refractivity contribution in [3.05, 3.63) is 0 Å². The zero-order valence-corrected chi connectivity index (χ0v) is 7.63. The third-order valence-electron chi connectivity index (χ3n) is 1.63. The van der Waals surface area contributed by atoms with Gasteiger partial charge in [-0.1, -0.05) is 6.92 Å². The number of nitrogens with two attached hydrogens (primary N) is 1. The molecule has 0 aliphatic carbocycles. The third-order valence-corrected chi connectivity index (χ3v) is 3.94. The molecule has 11 heavy (non-hydrogen) atoms. The minimum atomic E-state index is -3.18. The average Bonchev–Trinajstić information content (AvgIpc) is 1.88. The van der Waals surface area contributed by atoms with Crippen molar-refractivity contribution >= 4 is 9.84 Å². The van der Waals surface area contributed by atoms with Gasteiger partial charge in [0.25, 0.3) is 0 Å². The van der Waals surface area contributed by atoms with Crippen LogP contribution >= 0.6 is 0 Å². The molecule has 0 aromatic rings. The van der Waals surface area contributed by atoms with Crippen LogP contribution in [-0.2, 0) is 9.84 Å². The summed E-state index contributed by atoms with van der Waals surface area (Å²) < 4.78 is 22.3. The number of aliphatic hydroxyl groups excluding tert-OH is 1. The molecule has 0 amide bonds. The summed E-state index contributed by atoms with van der Waals surface area (Å²) in [6, 6.07) is -0.509. The highest BCUT2D eigenvalue weighted by atomic mass is 32.2. The highest BCUT2D eigenvalue weighted by molar-refractivity contribution is 7.92. The largest absolute Gasteiger partial charge is 0.395 e. The number of sulfone groups is 1. The molecule has 0 aromatic heterocycles. The molecule has 0 spiro atoms. The second-order valence-electron chi connectivity index (χ2n) is 2.53. The Morgan fingerprint density at radius 1 is 1.55 bits per heavy atom. The lowest BCUT2D eigenvalue weighted by Crippen LogP contribution is -2.41. The molecule has 2 atom stereocenters. The molecule has 5 heteroatoms. The Hall–Kier alpha value is -0.130. The molecule has 0 radical (unpaired) electrons.